The van der Waals surface area contributed by atoms with Crippen LogP contribution in [0.5, 0.6) is 0 Å². The first-order valence-corrected chi connectivity index (χ1v) is 9.53. The van der Waals surface area contributed by atoms with Crippen molar-refractivity contribution >= 4 is 16.5 Å². The van der Waals surface area contributed by atoms with Crippen LogP contribution in [0.25, 0.3) is 11.3 Å². The molecule has 0 aliphatic carbocycles. The summed E-state index contributed by atoms with van der Waals surface area (Å²) in [4.78, 5) is 25.2. The first kappa shape index (κ1) is 16.9. The average Bonchev–Trinajstić information content (AvgIpc) is 3.23. The molecular weight excluding hydrogens is 348 g/mol. The lowest BCUT2D eigenvalue weighted by Crippen LogP contribution is -2.47. The van der Waals surface area contributed by atoms with Crippen LogP contribution >= 0.6 is 11.3 Å². The monoisotopic (exact) mass is 368 g/mol. The topological polar surface area (TPSA) is 67.2 Å². The van der Waals surface area contributed by atoms with E-state index in [0.717, 1.165) is 49.1 Å². The first-order chi connectivity index (χ1) is 12.8. The van der Waals surface area contributed by atoms with Gasteiger partial charge in [0.2, 0.25) is 0 Å². The minimum absolute atomic E-state index is 0.0655. The van der Waals surface area contributed by atoms with Crippen LogP contribution < -0.4 is 10.5 Å². The summed E-state index contributed by atoms with van der Waals surface area (Å²) >= 11 is 1.68. The fraction of sp³-hybridized carbons (Fsp3) is 0.333. The largest absolute Gasteiger partial charge is 0.346 e. The molecule has 0 aromatic carbocycles. The summed E-state index contributed by atoms with van der Waals surface area (Å²) in [7, 11) is 0. The molecule has 0 atom stereocenters. The number of rotatable bonds is 5. The number of thiazole rings is 1. The van der Waals surface area contributed by atoms with Crippen molar-refractivity contribution in [2.45, 2.75) is 6.54 Å². The molecule has 1 aliphatic rings. The lowest BCUT2D eigenvalue weighted by Gasteiger charge is -2.34. The maximum absolute atomic E-state index is 12.1. The van der Waals surface area contributed by atoms with Crippen LogP contribution in [0.1, 0.15) is 0 Å². The molecule has 26 heavy (non-hydrogen) atoms. The molecule has 0 radical (unpaired) electrons. The van der Waals surface area contributed by atoms with Crippen LogP contribution in [0.2, 0.25) is 0 Å². The van der Waals surface area contributed by atoms with E-state index in [1.807, 2.05) is 23.7 Å². The van der Waals surface area contributed by atoms with Crippen molar-refractivity contribution in [2.75, 3.05) is 37.6 Å². The fourth-order valence-electron chi connectivity index (χ4n) is 3.06. The highest BCUT2D eigenvalue weighted by Gasteiger charge is 2.18. The van der Waals surface area contributed by atoms with Gasteiger partial charge in [0.1, 0.15) is 0 Å². The van der Waals surface area contributed by atoms with Gasteiger partial charge in [0, 0.05) is 68.3 Å². The van der Waals surface area contributed by atoms with Crippen molar-refractivity contribution in [1.29, 1.82) is 0 Å². The van der Waals surface area contributed by atoms with Gasteiger partial charge in [0.05, 0.1) is 12.2 Å². The normalized spacial score (nSPS) is 15.3. The van der Waals surface area contributed by atoms with E-state index in [-0.39, 0.29) is 5.56 Å². The summed E-state index contributed by atoms with van der Waals surface area (Å²) in [5.74, 6) is 0. The Morgan fingerprint density at radius 3 is 2.50 bits per heavy atom. The van der Waals surface area contributed by atoms with Crippen LogP contribution in [0.3, 0.4) is 0 Å². The summed E-state index contributed by atoms with van der Waals surface area (Å²) in [6.45, 7) is 5.28. The molecule has 0 N–H and O–H groups in total. The summed E-state index contributed by atoms with van der Waals surface area (Å²) < 4.78 is 1.56. The van der Waals surface area contributed by atoms with E-state index in [0.29, 0.717) is 6.54 Å². The second-order valence-electron chi connectivity index (χ2n) is 6.16. The summed E-state index contributed by atoms with van der Waals surface area (Å²) in [6.07, 6.45) is 5.31. The van der Waals surface area contributed by atoms with Gasteiger partial charge in [-0.15, -0.1) is 11.3 Å². The smallest absolute Gasteiger partial charge is 0.266 e. The van der Waals surface area contributed by atoms with Gasteiger partial charge >= 0.3 is 0 Å². The predicted molar refractivity (Wildman–Crippen MR) is 102 cm³/mol. The second kappa shape index (κ2) is 7.76. The first-order valence-electron chi connectivity index (χ1n) is 8.65. The maximum atomic E-state index is 12.1. The van der Waals surface area contributed by atoms with Crippen LogP contribution in [0.15, 0.2) is 53.0 Å². The van der Waals surface area contributed by atoms with E-state index < -0.39 is 0 Å². The Balaban J connectivity index is 1.37. The standard InChI is InChI=1S/C18H20N6OS/c25-17-2-1-16(15-3-5-19-6-4-15)21-24(17)13-10-22-8-11-23(12-9-22)18-20-7-14-26-18/h1-7,14H,8-13H2. The molecule has 0 unspecified atom stereocenters. The molecular formula is C18H20N6OS. The maximum Gasteiger partial charge on any atom is 0.266 e. The molecule has 0 bridgehead atoms. The lowest BCUT2D eigenvalue weighted by molar-refractivity contribution is 0.243. The zero-order valence-electron chi connectivity index (χ0n) is 14.4. The van der Waals surface area contributed by atoms with Gasteiger partial charge in [0.25, 0.3) is 5.56 Å². The van der Waals surface area contributed by atoms with E-state index in [9.17, 15) is 4.79 Å². The zero-order chi connectivity index (χ0) is 17.8. The Bertz CT molecular complexity index is 888. The molecule has 1 aliphatic heterocycles. The number of hydrogen-bond acceptors (Lipinski definition) is 7. The van der Waals surface area contributed by atoms with Crippen LogP contribution in [-0.4, -0.2) is 57.4 Å². The minimum Gasteiger partial charge on any atom is -0.346 e. The van der Waals surface area contributed by atoms with Gasteiger partial charge in [-0.1, -0.05) is 0 Å². The highest BCUT2D eigenvalue weighted by molar-refractivity contribution is 7.13. The van der Waals surface area contributed by atoms with Gasteiger partial charge < -0.3 is 4.90 Å². The van der Waals surface area contributed by atoms with E-state index in [1.165, 1.54) is 0 Å². The highest BCUT2D eigenvalue weighted by atomic mass is 32.1. The number of nitrogens with zero attached hydrogens (tertiary/aromatic N) is 6. The number of piperazine rings is 1. The quantitative estimate of drug-likeness (QED) is 0.681. The van der Waals surface area contributed by atoms with Gasteiger partial charge in [-0.3, -0.25) is 14.7 Å². The molecule has 1 saturated heterocycles. The van der Waals surface area contributed by atoms with E-state index in [1.54, 1.807) is 40.5 Å². The third kappa shape index (κ3) is 3.81. The number of pyridine rings is 1. The Kier molecular flexibility index (Phi) is 5.03. The van der Waals surface area contributed by atoms with E-state index in [4.69, 9.17) is 0 Å². The van der Waals surface area contributed by atoms with Gasteiger partial charge in [-0.2, -0.15) is 5.10 Å². The van der Waals surface area contributed by atoms with Crippen molar-refractivity contribution in [2.24, 2.45) is 0 Å². The zero-order valence-corrected chi connectivity index (χ0v) is 15.2. The molecule has 4 rings (SSSR count). The molecule has 3 aromatic heterocycles. The molecule has 0 saturated carbocycles. The average molecular weight is 368 g/mol. The van der Waals surface area contributed by atoms with Gasteiger partial charge in [-0.25, -0.2) is 9.67 Å². The number of hydrogen-bond donors (Lipinski definition) is 0. The highest BCUT2D eigenvalue weighted by Crippen LogP contribution is 2.18. The van der Waals surface area contributed by atoms with Crippen molar-refractivity contribution in [1.82, 2.24) is 24.6 Å². The van der Waals surface area contributed by atoms with Crippen molar-refractivity contribution < 1.29 is 0 Å². The van der Waals surface area contributed by atoms with E-state index >= 15 is 0 Å². The number of aromatic nitrogens is 4. The molecule has 8 heteroatoms. The molecule has 0 spiro atoms. The Hall–Kier alpha value is -2.58. The van der Waals surface area contributed by atoms with Crippen LogP contribution in [0.4, 0.5) is 5.13 Å². The summed E-state index contributed by atoms with van der Waals surface area (Å²) in [5.41, 5.74) is 1.69. The van der Waals surface area contributed by atoms with Gasteiger partial charge in [0.15, 0.2) is 5.13 Å². The fourth-order valence-corrected chi connectivity index (χ4v) is 3.75. The van der Waals surface area contributed by atoms with Crippen molar-refractivity contribution in [3.63, 3.8) is 0 Å². The number of anilines is 1. The summed E-state index contributed by atoms with van der Waals surface area (Å²) in [5, 5.41) is 7.61. The minimum atomic E-state index is -0.0655. The molecule has 1 fully saturated rings. The lowest BCUT2D eigenvalue weighted by atomic mass is 10.2. The third-order valence-electron chi connectivity index (χ3n) is 4.53. The molecule has 0 amide bonds. The second-order valence-corrected chi connectivity index (χ2v) is 7.03. The molecule has 7 nitrogen and oxygen atoms in total. The molecule has 3 aromatic rings. The third-order valence-corrected chi connectivity index (χ3v) is 5.37. The molecule has 4 heterocycles. The molecule has 134 valence electrons. The van der Waals surface area contributed by atoms with Gasteiger partial charge in [-0.05, 0) is 18.2 Å². The van der Waals surface area contributed by atoms with Crippen LogP contribution in [0, 0.1) is 0 Å². The van der Waals surface area contributed by atoms with Crippen LogP contribution in [-0.2, 0) is 6.54 Å². The Labute approximate surface area is 155 Å². The van der Waals surface area contributed by atoms with E-state index in [2.05, 4.69) is 24.9 Å². The summed E-state index contributed by atoms with van der Waals surface area (Å²) in [6, 6.07) is 7.15. The Morgan fingerprint density at radius 2 is 1.77 bits per heavy atom. The predicted octanol–water partition coefficient (Wildman–Crippen LogP) is 1.58. The van der Waals surface area contributed by atoms with Crippen molar-refractivity contribution in [3.05, 3.63) is 58.6 Å². The Morgan fingerprint density at radius 1 is 0.962 bits per heavy atom. The van der Waals surface area contributed by atoms with Crippen molar-refractivity contribution in [3.8, 4) is 11.3 Å². The SMILES string of the molecule is O=c1ccc(-c2ccncc2)nn1CCN1CCN(c2nccs2)CC1.